The Kier molecular flexibility index (Phi) is 5.66. The van der Waals surface area contributed by atoms with E-state index in [1.807, 2.05) is 0 Å². The van der Waals surface area contributed by atoms with Crippen molar-refractivity contribution >= 4 is 63.7 Å². The Hall–Kier alpha value is 0.790. The van der Waals surface area contributed by atoms with Gasteiger partial charge >= 0.3 is 5.84 Å². The van der Waals surface area contributed by atoms with Crippen LogP contribution in [0.5, 0.6) is 5.75 Å². The van der Waals surface area contributed by atoms with Crippen LogP contribution in [0.4, 0.5) is 0 Å². The van der Waals surface area contributed by atoms with Gasteiger partial charge in [-0.15, -0.1) is 0 Å². The first-order chi connectivity index (χ1) is 7.35. The summed E-state index contributed by atoms with van der Waals surface area (Å²) in [5.41, 5.74) is 0. The van der Waals surface area contributed by atoms with Gasteiger partial charge in [0.2, 0.25) is 0 Å². The van der Waals surface area contributed by atoms with Gasteiger partial charge in [0.05, 0.1) is 16.7 Å². The number of benzene rings is 1. The van der Waals surface area contributed by atoms with Gasteiger partial charge in [-0.1, -0.05) is 34.8 Å². The molecule has 0 saturated heterocycles. The van der Waals surface area contributed by atoms with Crippen LogP contribution in [0.1, 0.15) is 6.92 Å². The van der Waals surface area contributed by atoms with Gasteiger partial charge in [-0.25, -0.2) is 0 Å². The molecule has 16 heavy (non-hydrogen) atoms. The Bertz CT molecular complexity index is 417. The summed E-state index contributed by atoms with van der Waals surface area (Å²) in [5.74, 6) is -2.70. The summed E-state index contributed by atoms with van der Waals surface area (Å²) >= 11 is 28.4. The maximum absolute atomic E-state index is 5.90. The van der Waals surface area contributed by atoms with E-state index in [2.05, 4.69) is 0 Å². The number of hydrogen-bond donors (Lipinski definition) is 0. The first-order valence-corrected chi connectivity index (χ1v) is 8.82. The molecule has 8 heteroatoms. The molecular formula is C8H7Cl4O2PS. The molecule has 0 saturated carbocycles. The van der Waals surface area contributed by atoms with Crippen molar-refractivity contribution in [3.63, 3.8) is 0 Å². The molecule has 1 aromatic rings. The van der Waals surface area contributed by atoms with Gasteiger partial charge in [-0.2, -0.15) is 0 Å². The standard InChI is InChI=1S/C8H7Cl4O2PS/c1-2-13-15(12,16)14-8-6(10)3-5(9)4-7(8)11/h3-4H,2H2,1H3. The molecule has 0 aliphatic rings. The largest absolute Gasteiger partial charge is 0.430 e. The molecule has 0 heterocycles. The maximum atomic E-state index is 5.90. The molecule has 0 radical (unpaired) electrons. The number of hydrogen-bond acceptors (Lipinski definition) is 3. The summed E-state index contributed by atoms with van der Waals surface area (Å²) in [6.45, 7) is 2.11. The second kappa shape index (κ2) is 6.10. The minimum absolute atomic E-state index is 0.194. The lowest BCUT2D eigenvalue weighted by Crippen LogP contribution is -1.93. The summed E-state index contributed by atoms with van der Waals surface area (Å²) in [6.07, 6.45) is 0. The van der Waals surface area contributed by atoms with Crippen LogP contribution in [0, 0.1) is 0 Å². The first-order valence-electron chi connectivity index (χ1n) is 4.14. The van der Waals surface area contributed by atoms with E-state index in [0.29, 0.717) is 11.6 Å². The Labute approximate surface area is 119 Å². The fourth-order valence-electron chi connectivity index (χ4n) is 0.906. The molecule has 0 aromatic heterocycles. The molecule has 0 spiro atoms. The first kappa shape index (κ1) is 14.8. The monoisotopic (exact) mass is 338 g/mol. The van der Waals surface area contributed by atoms with Crippen molar-refractivity contribution < 1.29 is 9.05 Å². The van der Waals surface area contributed by atoms with Crippen LogP contribution in [-0.2, 0) is 16.3 Å². The SMILES string of the molecule is CCOP(=S)(Cl)Oc1c(Cl)cc(Cl)cc1Cl. The Balaban J connectivity index is 3.02. The fraction of sp³-hybridized carbons (Fsp3) is 0.250. The highest BCUT2D eigenvalue weighted by Gasteiger charge is 2.20. The van der Waals surface area contributed by atoms with E-state index in [4.69, 9.17) is 66.9 Å². The van der Waals surface area contributed by atoms with Crippen LogP contribution in [0.25, 0.3) is 0 Å². The van der Waals surface area contributed by atoms with E-state index in [1.54, 1.807) is 6.92 Å². The van der Waals surface area contributed by atoms with Crippen LogP contribution >= 0.6 is 51.9 Å². The van der Waals surface area contributed by atoms with E-state index in [-0.39, 0.29) is 15.8 Å². The number of rotatable bonds is 4. The van der Waals surface area contributed by atoms with Crippen molar-refractivity contribution in [3.05, 3.63) is 27.2 Å². The molecule has 1 atom stereocenters. The average molecular weight is 340 g/mol. The van der Waals surface area contributed by atoms with Gasteiger partial charge in [-0.3, -0.25) is 0 Å². The lowest BCUT2D eigenvalue weighted by molar-refractivity contribution is 0.343. The molecule has 1 rings (SSSR count). The summed E-state index contributed by atoms with van der Waals surface area (Å²) < 4.78 is 10.4. The van der Waals surface area contributed by atoms with Gasteiger partial charge in [-0.05, 0) is 42.1 Å². The zero-order valence-corrected chi connectivity index (χ0v) is 12.8. The highest BCUT2D eigenvalue weighted by molar-refractivity contribution is 8.22. The Morgan fingerprint density at radius 2 is 1.75 bits per heavy atom. The summed E-state index contributed by atoms with van der Waals surface area (Å²) in [6, 6.07) is 2.98. The van der Waals surface area contributed by atoms with Crippen molar-refractivity contribution in [2.75, 3.05) is 6.61 Å². The van der Waals surface area contributed by atoms with Crippen LogP contribution in [0.2, 0.25) is 15.1 Å². The van der Waals surface area contributed by atoms with Crippen LogP contribution in [0.15, 0.2) is 12.1 Å². The average Bonchev–Trinajstić information content (AvgIpc) is 2.11. The van der Waals surface area contributed by atoms with Crippen molar-refractivity contribution in [1.29, 1.82) is 0 Å². The lowest BCUT2D eigenvalue weighted by atomic mass is 10.3. The zero-order chi connectivity index (χ0) is 12.3. The highest BCUT2D eigenvalue weighted by Crippen LogP contribution is 2.56. The maximum Gasteiger partial charge on any atom is 0.332 e. The molecule has 90 valence electrons. The van der Waals surface area contributed by atoms with Gasteiger partial charge in [0, 0.05) is 5.02 Å². The highest BCUT2D eigenvalue weighted by atomic mass is 35.7. The van der Waals surface area contributed by atoms with Crippen molar-refractivity contribution in [1.82, 2.24) is 0 Å². The molecule has 0 aliphatic carbocycles. The minimum Gasteiger partial charge on any atom is -0.430 e. The van der Waals surface area contributed by atoms with Gasteiger partial charge in [0.25, 0.3) is 0 Å². The van der Waals surface area contributed by atoms with Crippen molar-refractivity contribution in [3.8, 4) is 5.75 Å². The topological polar surface area (TPSA) is 18.5 Å². The molecule has 0 aliphatic heterocycles. The number of halogens is 4. The molecule has 0 amide bonds. The zero-order valence-electron chi connectivity index (χ0n) is 8.05. The third kappa shape index (κ3) is 4.23. The molecular weight excluding hydrogens is 333 g/mol. The predicted molar refractivity (Wildman–Crippen MR) is 73.9 cm³/mol. The molecule has 2 nitrogen and oxygen atoms in total. The lowest BCUT2D eigenvalue weighted by Gasteiger charge is -2.17. The predicted octanol–water partition coefficient (Wildman–Crippen LogP) is 5.53. The summed E-state index contributed by atoms with van der Waals surface area (Å²) in [5, 5.41) is 0.890. The normalized spacial score (nSPS) is 14.6. The van der Waals surface area contributed by atoms with Gasteiger partial charge < -0.3 is 9.05 Å². The Morgan fingerprint density at radius 3 is 2.19 bits per heavy atom. The second-order valence-electron chi connectivity index (χ2n) is 2.64. The van der Waals surface area contributed by atoms with E-state index >= 15 is 0 Å². The van der Waals surface area contributed by atoms with E-state index < -0.39 is 5.84 Å². The molecule has 0 fully saturated rings. The molecule has 1 aromatic carbocycles. The Morgan fingerprint density at radius 1 is 1.25 bits per heavy atom. The summed E-state index contributed by atoms with van der Waals surface area (Å²) in [4.78, 5) is 0. The third-order valence-corrected chi connectivity index (χ3v) is 4.23. The van der Waals surface area contributed by atoms with Crippen molar-refractivity contribution in [2.24, 2.45) is 0 Å². The van der Waals surface area contributed by atoms with E-state index in [0.717, 1.165) is 0 Å². The fourth-order valence-corrected chi connectivity index (χ4v) is 3.72. The third-order valence-electron chi connectivity index (χ3n) is 1.45. The van der Waals surface area contributed by atoms with Crippen LogP contribution in [-0.4, -0.2) is 6.61 Å². The van der Waals surface area contributed by atoms with Gasteiger partial charge in [0.15, 0.2) is 5.75 Å². The van der Waals surface area contributed by atoms with Gasteiger partial charge in [0.1, 0.15) is 0 Å². The quantitative estimate of drug-likeness (QED) is 0.672. The van der Waals surface area contributed by atoms with Crippen LogP contribution in [0.3, 0.4) is 0 Å². The molecule has 1 unspecified atom stereocenters. The summed E-state index contributed by atoms with van der Waals surface area (Å²) in [7, 11) is 0. The minimum atomic E-state index is -2.89. The van der Waals surface area contributed by atoms with Crippen LogP contribution < -0.4 is 4.52 Å². The molecule has 0 N–H and O–H groups in total. The van der Waals surface area contributed by atoms with E-state index in [1.165, 1.54) is 12.1 Å². The van der Waals surface area contributed by atoms with E-state index in [9.17, 15) is 0 Å². The molecule has 0 bridgehead atoms. The van der Waals surface area contributed by atoms with Crippen molar-refractivity contribution in [2.45, 2.75) is 6.92 Å². The smallest absolute Gasteiger partial charge is 0.332 e. The second-order valence-corrected chi connectivity index (χ2v) is 8.57.